The van der Waals surface area contributed by atoms with Crippen molar-refractivity contribution >= 4 is 22.7 Å². The van der Waals surface area contributed by atoms with Crippen LogP contribution in [0.25, 0.3) is 22.6 Å². The van der Waals surface area contributed by atoms with Crippen molar-refractivity contribution in [2.24, 2.45) is 0 Å². The van der Waals surface area contributed by atoms with Gasteiger partial charge in [-0.2, -0.15) is 26.3 Å². The molecule has 212 valence electrons. The maximum Gasteiger partial charge on any atom is 0.435 e. The molecular formula is C28H23F7N2O3. The van der Waals surface area contributed by atoms with Gasteiger partial charge in [-0.15, -0.1) is 0 Å². The number of fused-ring (bicyclic) bond motifs is 1. The van der Waals surface area contributed by atoms with Crippen LogP contribution in [0.5, 0.6) is 5.75 Å². The maximum atomic E-state index is 14.5. The van der Waals surface area contributed by atoms with Gasteiger partial charge in [0.2, 0.25) is 5.89 Å². The van der Waals surface area contributed by atoms with Crippen LogP contribution in [0.4, 0.5) is 36.4 Å². The molecule has 3 aromatic carbocycles. The number of benzene rings is 3. The van der Waals surface area contributed by atoms with Crippen LogP contribution in [0.1, 0.15) is 42.3 Å². The average molecular weight is 568 g/mol. The summed E-state index contributed by atoms with van der Waals surface area (Å²) < 4.78 is 104. The molecule has 1 amide bonds. The number of ether oxygens (including phenoxy) is 1. The number of alkyl halides is 7. The number of methoxy groups -OCH3 is 1. The Bertz CT molecular complexity index is 1540. The first-order valence-corrected chi connectivity index (χ1v) is 11.8. The van der Waals surface area contributed by atoms with Crippen molar-refractivity contribution in [3.8, 4) is 17.2 Å². The Morgan fingerprint density at radius 1 is 0.825 bits per heavy atom. The SMILES string of the molecule is COc1ccc(NC(=O)c2ccc(C(C)(C)C)cc2)cc1-c1nc2ccc(C(F)(C(F)(F)F)C(F)(F)F)cc2o1. The number of anilines is 1. The number of rotatable bonds is 5. The first-order chi connectivity index (χ1) is 18.5. The number of amides is 1. The molecule has 0 saturated heterocycles. The summed E-state index contributed by atoms with van der Waals surface area (Å²) in [7, 11) is 1.32. The summed E-state index contributed by atoms with van der Waals surface area (Å²) in [6.45, 7) is 6.11. The van der Waals surface area contributed by atoms with Gasteiger partial charge in [-0.25, -0.2) is 9.37 Å². The van der Waals surface area contributed by atoms with E-state index in [1.54, 1.807) is 12.1 Å². The van der Waals surface area contributed by atoms with Gasteiger partial charge in [-0.3, -0.25) is 4.79 Å². The molecular weight excluding hydrogens is 545 g/mol. The molecule has 4 aromatic rings. The highest BCUT2D eigenvalue weighted by Gasteiger charge is 2.73. The lowest BCUT2D eigenvalue weighted by atomic mass is 9.87. The third-order valence-electron chi connectivity index (χ3n) is 6.27. The smallest absolute Gasteiger partial charge is 0.435 e. The van der Waals surface area contributed by atoms with Gasteiger partial charge in [0.15, 0.2) is 5.58 Å². The molecule has 5 nitrogen and oxygen atoms in total. The quantitative estimate of drug-likeness (QED) is 0.246. The molecule has 12 heteroatoms. The second-order valence-corrected chi connectivity index (χ2v) is 10.1. The summed E-state index contributed by atoms with van der Waals surface area (Å²) in [5.41, 5.74) is -6.24. The summed E-state index contributed by atoms with van der Waals surface area (Å²) in [5, 5.41) is 2.71. The number of aromatic nitrogens is 1. The molecule has 0 aliphatic rings. The number of halogens is 7. The maximum absolute atomic E-state index is 14.5. The van der Waals surface area contributed by atoms with Crippen LogP contribution < -0.4 is 10.1 Å². The summed E-state index contributed by atoms with van der Waals surface area (Å²) in [5.74, 6) is -0.486. The van der Waals surface area contributed by atoms with E-state index in [2.05, 4.69) is 10.3 Å². The van der Waals surface area contributed by atoms with E-state index in [1.807, 2.05) is 32.9 Å². The minimum Gasteiger partial charge on any atom is -0.496 e. The molecule has 4 rings (SSSR count). The van der Waals surface area contributed by atoms with Crippen LogP contribution >= 0.6 is 0 Å². The normalized spacial score (nSPS) is 13.0. The Morgan fingerprint density at radius 2 is 1.43 bits per heavy atom. The third kappa shape index (κ3) is 5.22. The van der Waals surface area contributed by atoms with Gasteiger partial charge in [0.1, 0.15) is 11.3 Å². The fourth-order valence-corrected chi connectivity index (χ4v) is 4.02. The van der Waals surface area contributed by atoms with Crippen LogP contribution in [0, 0.1) is 0 Å². The zero-order valence-electron chi connectivity index (χ0n) is 21.6. The zero-order chi connectivity index (χ0) is 29.7. The first-order valence-electron chi connectivity index (χ1n) is 11.8. The van der Waals surface area contributed by atoms with Gasteiger partial charge < -0.3 is 14.5 Å². The molecule has 0 bridgehead atoms. The standard InChI is InChI=1S/C28H23F7N2O3/c1-25(2,3)16-7-5-15(6-8-16)23(38)36-18-10-12-21(39-4)19(14-18)24-37-20-11-9-17(13-22(20)40-24)26(29,27(30,31)32)28(33,34)35/h5-14H,1-4H3,(H,36,38). The summed E-state index contributed by atoms with van der Waals surface area (Å²) in [4.78, 5) is 16.9. The highest BCUT2D eigenvalue weighted by molar-refractivity contribution is 6.04. The molecule has 0 unspecified atom stereocenters. The van der Waals surface area contributed by atoms with Gasteiger partial charge in [0, 0.05) is 16.8 Å². The molecule has 1 N–H and O–H groups in total. The largest absolute Gasteiger partial charge is 0.496 e. The fraction of sp³-hybridized carbons (Fsp3) is 0.286. The lowest BCUT2D eigenvalue weighted by molar-refractivity contribution is -0.348. The molecule has 1 heterocycles. The topological polar surface area (TPSA) is 64.4 Å². The van der Waals surface area contributed by atoms with Crippen molar-refractivity contribution in [2.45, 2.75) is 44.2 Å². The molecule has 0 spiro atoms. The van der Waals surface area contributed by atoms with Crippen LogP contribution in [-0.2, 0) is 11.1 Å². The molecule has 40 heavy (non-hydrogen) atoms. The van der Waals surface area contributed by atoms with Gasteiger partial charge in [-0.1, -0.05) is 39.0 Å². The van der Waals surface area contributed by atoms with Crippen molar-refractivity contribution in [1.29, 1.82) is 0 Å². The Morgan fingerprint density at radius 3 is 1.98 bits per heavy atom. The first kappa shape index (κ1) is 28.9. The number of nitrogens with one attached hydrogen (secondary N) is 1. The monoisotopic (exact) mass is 568 g/mol. The van der Waals surface area contributed by atoms with E-state index < -0.39 is 35.1 Å². The van der Waals surface area contributed by atoms with Gasteiger partial charge in [0.05, 0.1) is 12.7 Å². The Kier molecular flexibility index (Phi) is 7.10. The summed E-state index contributed by atoms with van der Waals surface area (Å²) >= 11 is 0. The molecule has 0 atom stereocenters. The van der Waals surface area contributed by atoms with Crippen LogP contribution in [0.15, 0.2) is 65.1 Å². The van der Waals surface area contributed by atoms with Crippen LogP contribution in [-0.4, -0.2) is 30.4 Å². The minimum absolute atomic E-state index is 0.106. The van der Waals surface area contributed by atoms with Gasteiger partial charge >= 0.3 is 18.0 Å². The Hall–Kier alpha value is -4.09. The van der Waals surface area contributed by atoms with Crippen molar-refractivity contribution in [3.63, 3.8) is 0 Å². The summed E-state index contributed by atoms with van der Waals surface area (Å²) in [6, 6.07) is 12.9. The lowest BCUT2D eigenvalue weighted by Gasteiger charge is -2.30. The molecule has 0 aliphatic carbocycles. The number of carbonyl (C=O) groups excluding carboxylic acids is 1. The fourth-order valence-electron chi connectivity index (χ4n) is 4.02. The van der Waals surface area contributed by atoms with E-state index in [0.29, 0.717) is 17.7 Å². The van der Waals surface area contributed by atoms with Crippen molar-refractivity contribution in [1.82, 2.24) is 4.98 Å². The Labute approximate surface area is 224 Å². The van der Waals surface area contributed by atoms with E-state index >= 15 is 0 Å². The summed E-state index contributed by atoms with van der Waals surface area (Å²) in [6.07, 6.45) is -12.5. The molecule has 0 saturated carbocycles. The molecule has 1 aromatic heterocycles. The molecule has 0 radical (unpaired) electrons. The molecule has 0 fully saturated rings. The minimum atomic E-state index is -6.27. The van der Waals surface area contributed by atoms with E-state index in [9.17, 15) is 35.5 Å². The zero-order valence-corrected chi connectivity index (χ0v) is 21.6. The second-order valence-electron chi connectivity index (χ2n) is 10.1. The second kappa shape index (κ2) is 9.83. The molecule has 0 aliphatic heterocycles. The van der Waals surface area contributed by atoms with E-state index in [0.717, 1.165) is 11.6 Å². The number of hydrogen-bond donors (Lipinski definition) is 1. The predicted molar refractivity (Wildman–Crippen MR) is 134 cm³/mol. The third-order valence-corrected chi connectivity index (χ3v) is 6.27. The van der Waals surface area contributed by atoms with Crippen molar-refractivity contribution in [2.75, 3.05) is 12.4 Å². The van der Waals surface area contributed by atoms with E-state index in [4.69, 9.17) is 9.15 Å². The van der Waals surface area contributed by atoms with E-state index in [-0.39, 0.29) is 33.8 Å². The highest BCUT2D eigenvalue weighted by Crippen LogP contribution is 2.53. The number of hydrogen-bond acceptors (Lipinski definition) is 4. The van der Waals surface area contributed by atoms with Gasteiger partial charge in [-0.05, 0) is 53.4 Å². The van der Waals surface area contributed by atoms with Crippen molar-refractivity contribution < 1.29 is 44.7 Å². The lowest BCUT2D eigenvalue weighted by Crippen LogP contribution is -2.50. The predicted octanol–water partition coefficient (Wildman–Crippen LogP) is 8.34. The van der Waals surface area contributed by atoms with E-state index in [1.165, 1.54) is 25.3 Å². The van der Waals surface area contributed by atoms with Crippen molar-refractivity contribution in [3.05, 3.63) is 77.4 Å². The Balaban J connectivity index is 1.69. The van der Waals surface area contributed by atoms with Crippen LogP contribution in [0.3, 0.4) is 0 Å². The number of nitrogens with zero attached hydrogens (tertiary/aromatic N) is 1. The number of carbonyl (C=O) groups is 1. The van der Waals surface area contributed by atoms with Crippen LogP contribution in [0.2, 0.25) is 0 Å². The average Bonchev–Trinajstić information content (AvgIpc) is 3.29. The van der Waals surface area contributed by atoms with Gasteiger partial charge in [0.25, 0.3) is 5.91 Å². The highest BCUT2D eigenvalue weighted by atomic mass is 19.4. The number of oxazole rings is 1.